The van der Waals surface area contributed by atoms with Crippen molar-refractivity contribution in [2.45, 2.75) is 32.6 Å². The number of hydrogen-bond donors (Lipinski definition) is 0. The zero-order chi connectivity index (χ0) is 15.6. The molecular formula is C16H19N7. The Labute approximate surface area is 134 Å². The van der Waals surface area contributed by atoms with E-state index in [0.717, 1.165) is 25.5 Å². The highest BCUT2D eigenvalue weighted by Crippen LogP contribution is 2.26. The first-order valence-corrected chi connectivity index (χ1v) is 7.81. The maximum absolute atomic E-state index is 4.65. The third kappa shape index (κ3) is 2.75. The lowest BCUT2D eigenvalue weighted by Gasteiger charge is -2.34. The Hall–Kier alpha value is -2.54. The van der Waals surface area contributed by atoms with Gasteiger partial charge in [0.25, 0.3) is 0 Å². The van der Waals surface area contributed by atoms with Gasteiger partial charge in [-0.1, -0.05) is 6.07 Å². The fourth-order valence-corrected chi connectivity index (χ4v) is 3.15. The number of imidazole rings is 1. The minimum absolute atomic E-state index is 0.286. The van der Waals surface area contributed by atoms with E-state index in [2.05, 4.69) is 42.5 Å². The normalized spacial score (nSPS) is 18.0. The van der Waals surface area contributed by atoms with E-state index in [9.17, 15) is 0 Å². The summed E-state index contributed by atoms with van der Waals surface area (Å²) in [5.41, 5.74) is 2.42. The van der Waals surface area contributed by atoms with E-state index in [1.807, 2.05) is 29.3 Å². The van der Waals surface area contributed by atoms with Gasteiger partial charge in [-0.3, -0.25) is 9.88 Å². The van der Waals surface area contributed by atoms with Gasteiger partial charge in [0.2, 0.25) is 0 Å². The molecule has 1 aliphatic rings. The molecule has 3 aromatic rings. The van der Waals surface area contributed by atoms with Crippen molar-refractivity contribution in [1.29, 1.82) is 0 Å². The minimum atomic E-state index is 0.286. The summed E-state index contributed by atoms with van der Waals surface area (Å²) in [6.45, 7) is 5.78. The molecule has 7 nitrogen and oxygen atoms in total. The number of hydrogen-bond acceptors (Lipinski definition) is 5. The van der Waals surface area contributed by atoms with Crippen LogP contribution in [-0.4, -0.2) is 40.7 Å². The zero-order valence-electron chi connectivity index (χ0n) is 13.1. The average Bonchev–Trinajstić information content (AvgIpc) is 3.22. The zero-order valence-corrected chi connectivity index (χ0v) is 13.1. The van der Waals surface area contributed by atoms with Crippen LogP contribution in [0.15, 0.2) is 43.4 Å². The molecule has 0 fully saturated rings. The molecule has 0 saturated carbocycles. The molecule has 1 aliphatic heterocycles. The van der Waals surface area contributed by atoms with Crippen LogP contribution in [0.2, 0.25) is 0 Å². The minimum Gasteiger partial charge on any atom is -0.328 e. The molecule has 23 heavy (non-hydrogen) atoms. The van der Waals surface area contributed by atoms with Gasteiger partial charge in [0.1, 0.15) is 18.5 Å². The second-order valence-corrected chi connectivity index (χ2v) is 5.86. The maximum atomic E-state index is 4.65. The fourth-order valence-electron chi connectivity index (χ4n) is 3.15. The Balaban J connectivity index is 1.53. The first-order chi connectivity index (χ1) is 11.3. The summed E-state index contributed by atoms with van der Waals surface area (Å²) in [5, 5.41) is 4.18. The lowest BCUT2D eigenvalue weighted by atomic mass is 10.1. The molecule has 0 amide bonds. The quantitative estimate of drug-likeness (QED) is 0.730. The summed E-state index contributed by atoms with van der Waals surface area (Å²) in [7, 11) is 0. The highest BCUT2D eigenvalue weighted by atomic mass is 15.3. The Kier molecular flexibility index (Phi) is 3.63. The van der Waals surface area contributed by atoms with Crippen LogP contribution in [0.4, 0.5) is 0 Å². The number of pyridine rings is 1. The van der Waals surface area contributed by atoms with Gasteiger partial charge in [-0.25, -0.2) is 14.6 Å². The van der Waals surface area contributed by atoms with Crippen molar-refractivity contribution in [3.05, 3.63) is 60.5 Å². The summed E-state index contributed by atoms with van der Waals surface area (Å²) >= 11 is 0. The molecule has 0 saturated heterocycles. The van der Waals surface area contributed by atoms with Gasteiger partial charge in [0.15, 0.2) is 0 Å². The first kappa shape index (κ1) is 14.1. The van der Waals surface area contributed by atoms with Gasteiger partial charge in [-0.15, -0.1) is 0 Å². The van der Waals surface area contributed by atoms with Gasteiger partial charge in [-0.2, -0.15) is 5.10 Å². The molecule has 0 N–H and O–H groups in total. The van der Waals surface area contributed by atoms with Gasteiger partial charge in [0.05, 0.1) is 24.5 Å². The van der Waals surface area contributed by atoms with Crippen LogP contribution in [-0.2, 0) is 19.6 Å². The van der Waals surface area contributed by atoms with Crippen LogP contribution < -0.4 is 0 Å². The van der Waals surface area contributed by atoms with E-state index in [0.29, 0.717) is 6.54 Å². The molecule has 0 unspecified atom stereocenters. The third-order valence-electron chi connectivity index (χ3n) is 4.40. The molecule has 1 atom stereocenters. The van der Waals surface area contributed by atoms with Crippen molar-refractivity contribution >= 4 is 0 Å². The van der Waals surface area contributed by atoms with Crippen LogP contribution in [0.25, 0.3) is 0 Å². The predicted molar refractivity (Wildman–Crippen MR) is 84.4 cm³/mol. The Morgan fingerprint density at radius 1 is 1.17 bits per heavy atom. The van der Waals surface area contributed by atoms with Gasteiger partial charge >= 0.3 is 0 Å². The molecule has 0 spiro atoms. The maximum Gasteiger partial charge on any atom is 0.137 e. The topological polar surface area (TPSA) is 64.7 Å². The van der Waals surface area contributed by atoms with E-state index >= 15 is 0 Å². The largest absolute Gasteiger partial charge is 0.328 e. The molecular weight excluding hydrogens is 290 g/mol. The lowest BCUT2D eigenvalue weighted by molar-refractivity contribution is 0.154. The van der Waals surface area contributed by atoms with Crippen molar-refractivity contribution in [2.24, 2.45) is 0 Å². The summed E-state index contributed by atoms with van der Waals surface area (Å²) < 4.78 is 4.14. The Bertz CT molecular complexity index is 763. The summed E-state index contributed by atoms with van der Waals surface area (Å²) in [4.78, 5) is 15.3. The second kappa shape index (κ2) is 5.92. The SMILES string of the molecule is C[C@H]1c2ncc(Cn3cncn3)n2CCN1Cc1cccnc1. The summed E-state index contributed by atoms with van der Waals surface area (Å²) in [6, 6.07) is 4.39. The molecule has 7 heteroatoms. The first-order valence-electron chi connectivity index (χ1n) is 7.81. The monoisotopic (exact) mass is 309 g/mol. The number of aromatic nitrogens is 6. The van der Waals surface area contributed by atoms with Crippen molar-refractivity contribution in [3.8, 4) is 0 Å². The highest BCUT2D eigenvalue weighted by molar-refractivity contribution is 5.14. The number of nitrogens with zero attached hydrogens (tertiary/aromatic N) is 7. The van der Waals surface area contributed by atoms with Gasteiger partial charge in [-0.05, 0) is 18.6 Å². The van der Waals surface area contributed by atoms with Gasteiger partial charge in [0, 0.05) is 32.0 Å². The Morgan fingerprint density at radius 3 is 2.91 bits per heavy atom. The van der Waals surface area contributed by atoms with Crippen LogP contribution in [0.3, 0.4) is 0 Å². The standard InChI is InChI=1S/C16H19N7/c1-13-16-19-8-15(10-22-12-18-11-20-22)23(16)6-5-21(13)9-14-3-2-4-17-7-14/h2-4,7-8,11-13H,5-6,9-10H2,1H3/t13-/m0/s1. The lowest BCUT2D eigenvalue weighted by Crippen LogP contribution is -2.37. The van der Waals surface area contributed by atoms with E-state index in [-0.39, 0.29) is 6.04 Å². The van der Waals surface area contributed by atoms with Gasteiger partial charge < -0.3 is 4.57 Å². The van der Waals surface area contributed by atoms with Crippen LogP contribution >= 0.6 is 0 Å². The van der Waals surface area contributed by atoms with Crippen LogP contribution in [0.1, 0.15) is 30.0 Å². The van der Waals surface area contributed by atoms with E-state index in [4.69, 9.17) is 0 Å². The van der Waals surface area contributed by atoms with Crippen molar-refractivity contribution < 1.29 is 0 Å². The summed E-state index contributed by atoms with van der Waals surface area (Å²) in [5.74, 6) is 1.12. The molecule has 0 aromatic carbocycles. The molecule has 4 rings (SSSR count). The molecule has 118 valence electrons. The molecule has 0 bridgehead atoms. The second-order valence-electron chi connectivity index (χ2n) is 5.86. The van der Waals surface area contributed by atoms with Crippen molar-refractivity contribution in [3.63, 3.8) is 0 Å². The fraction of sp³-hybridized carbons (Fsp3) is 0.375. The van der Waals surface area contributed by atoms with E-state index < -0.39 is 0 Å². The number of rotatable bonds is 4. The van der Waals surface area contributed by atoms with E-state index in [1.165, 1.54) is 11.3 Å². The highest BCUT2D eigenvalue weighted by Gasteiger charge is 2.27. The molecule has 3 aromatic heterocycles. The molecule has 4 heterocycles. The van der Waals surface area contributed by atoms with Crippen molar-refractivity contribution in [2.75, 3.05) is 6.54 Å². The van der Waals surface area contributed by atoms with E-state index in [1.54, 1.807) is 12.7 Å². The Morgan fingerprint density at radius 2 is 2.13 bits per heavy atom. The summed E-state index contributed by atoms with van der Waals surface area (Å²) in [6.07, 6.45) is 9.00. The van der Waals surface area contributed by atoms with Crippen LogP contribution in [0.5, 0.6) is 0 Å². The third-order valence-corrected chi connectivity index (χ3v) is 4.40. The molecule has 0 aliphatic carbocycles. The average molecular weight is 309 g/mol. The molecule has 0 radical (unpaired) electrons. The number of fused-ring (bicyclic) bond motifs is 1. The van der Waals surface area contributed by atoms with Crippen molar-refractivity contribution in [1.82, 2.24) is 34.2 Å². The van der Waals surface area contributed by atoms with Crippen LogP contribution in [0, 0.1) is 0 Å². The predicted octanol–water partition coefficient (Wildman–Crippen LogP) is 1.49. The smallest absolute Gasteiger partial charge is 0.137 e.